The van der Waals surface area contributed by atoms with Crippen LogP contribution in [-0.2, 0) is 19.1 Å². The van der Waals surface area contributed by atoms with Gasteiger partial charge in [0.1, 0.15) is 12.4 Å². The molecule has 0 atom stereocenters. The van der Waals surface area contributed by atoms with Crippen molar-refractivity contribution in [3.63, 3.8) is 0 Å². The van der Waals surface area contributed by atoms with Crippen LogP contribution >= 0.6 is 0 Å². The van der Waals surface area contributed by atoms with Crippen LogP contribution in [0.3, 0.4) is 0 Å². The van der Waals surface area contributed by atoms with Gasteiger partial charge in [-0.15, -0.1) is 0 Å². The fourth-order valence-corrected chi connectivity index (χ4v) is 1.52. The molecule has 7 heteroatoms. The number of hydrogen-bond acceptors (Lipinski definition) is 5. The molecule has 0 aromatic heterocycles. The highest BCUT2D eigenvalue weighted by molar-refractivity contribution is 7.86. The molecule has 0 unspecified atom stereocenters. The van der Waals surface area contributed by atoms with Crippen molar-refractivity contribution in [3.8, 4) is 5.75 Å². The molecule has 18 heavy (non-hydrogen) atoms. The molecule has 1 amide bonds. The number of hydrogen-bond donors (Lipinski definition) is 0. The Morgan fingerprint density at radius 2 is 1.83 bits per heavy atom. The van der Waals surface area contributed by atoms with Gasteiger partial charge in [-0.2, -0.15) is 8.42 Å². The first-order valence-corrected chi connectivity index (χ1v) is 6.90. The molecule has 0 saturated heterocycles. The van der Waals surface area contributed by atoms with E-state index in [1.165, 1.54) is 11.9 Å². The van der Waals surface area contributed by atoms with E-state index in [1.807, 2.05) is 0 Å². The lowest BCUT2D eigenvalue weighted by Gasteiger charge is -2.17. The summed E-state index contributed by atoms with van der Waals surface area (Å²) < 4.78 is 31.0. The zero-order chi connectivity index (χ0) is 13.8. The molecule has 0 aliphatic rings. The lowest BCUT2D eigenvalue weighted by molar-refractivity contribution is -0.120. The monoisotopic (exact) mass is 273 g/mol. The molecule has 0 spiro atoms. The molecule has 0 fully saturated rings. The Balaban J connectivity index is 2.68. The molecule has 1 aromatic carbocycles. The van der Waals surface area contributed by atoms with Gasteiger partial charge in [0.15, 0.2) is 0 Å². The van der Waals surface area contributed by atoms with Crippen molar-refractivity contribution in [2.24, 2.45) is 0 Å². The van der Waals surface area contributed by atoms with E-state index in [0.29, 0.717) is 11.4 Å². The number of likely N-dealkylation sites (N-methyl/N-ethyl adjacent to an activating group) is 1. The van der Waals surface area contributed by atoms with E-state index in [0.717, 1.165) is 6.26 Å². The first kappa shape index (κ1) is 14.5. The smallest absolute Gasteiger partial charge is 0.264 e. The highest BCUT2D eigenvalue weighted by Gasteiger charge is 2.14. The Labute approximate surface area is 106 Å². The third kappa shape index (κ3) is 4.34. The molecule has 0 saturated carbocycles. The predicted octanol–water partition coefficient (Wildman–Crippen LogP) is 0.634. The van der Waals surface area contributed by atoms with Gasteiger partial charge in [0, 0.05) is 12.7 Å². The van der Waals surface area contributed by atoms with Gasteiger partial charge in [0.2, 0.25) is 0 Å². The first-order valence-electron chi connectivity index (χ1n) is 5.08. The number of ether oxygens (including phenoxy) is 1. The largest absolute Gasteiger partial charge is 0.497 e. The number of amides is 1. The van der Waals surface area contributed by atoms with Crippen molar-refractivity contribution in [2.45, 2.75) is 0 Å². The van der Waals surface area contributed by atoms with Crippen LogP contribution in [0.5, 0.6) is 5.75 Å². The van der Waals surface area contributed by atoms with Crippen LogP contribution in [0, 0.1) is 0 Å². The van der Waals surface area contributed by atoms with Gasteiger partial charge in [-0.3, -0.25) is 8.98 Å². The molecule has 0 bridgehead atoms. The zero-order valence-corrected chi connectivity index (χ0v) is 11.2. The Hall–Kier alpha value is -1.60. The molecule has 0 radical (unpaired) electrons. The summed E-state index contributed by atoms with van der Waals surface area (Å²) in [4.78, 5) is 13.0. The Morgan fingerprint density at radius 1 is 1.28 bits per heavy atom. The lowest BCUT2D eigenvalue weighted by Crippen LogP contribution is -2.30. The molecule has 100 valence electrons. The van der Waals surface area contributed by atoms with E-state index in [1.54, 1.807) is 31.4 Å². The number of methoxy groups -OCH3 is 1. The van der Waals surface area contributed by atoms with Gasteiger partial charge in [-0.05, 0) is 24.3 Å². The second kappa shape index (κ2) is 5.83. The summed E-state index contributed by atoms with van der Waals surface area (Å²) in [7, 11) is -0.530. The van der Waals surface area contributed by atoms with Crippen LogP contribution in [0.1, 0.15) is 0 Å². The van der Waals surface area contributed by atoms with Gasteiger partial charge in [0.05, 0.1) is 13.4 Å². The molecule has 1 aromatic rings. The SMILES string of the molecule is COc1ccc(N(C)C(=O)COS(C)(=O)=O)cc1. The van der Waals surface area contributed by atoms with E-state index in [2.05, 4.69) is 4.18 Å². The second-order valence-corrected chi connectivity index (χ2v) is 5.26. The predicted molar refractivity (Wildman–Crippen MR) is 67.2 cm³/mol. The minimum atomic E-state index is -3.61. The van der Waals surface area contributed by atoms with E-state index < -0.39 is 22.6 Å². The van der Waals surface area contributed by atoms with Crippen molar-refractivity contribution in [2.75, 3.05) is 31.9 Å². The van der Waals surface area contributed by atoms with Gasteiger partial charge in [-0.1, -0.05) is 0 Å². The summed E-state index contributed by atoms with van der Waals surface area (Å²) in [6.07, 6.45) is 0.896. The highest BCUT2D eigenvalue weighted by atomic mass is 32.2. The first-order chi connectivity index (χ1) is 8.33. The summed E-state index contributed by atoms with van der Waals surface area (Å²) >= 11 is 0. The van der Waals surface area contributed by atoms with Crippen LogP contribution in [0.4, 0.5) is 5.69 Å². The van der Waals surface area contributed by atoms with Crippen LogP contribution in [0.15, 0.2) is 24.3 Å². The average molecular weight is 273 g/mol. The van der Waals surface area contributed by atoms with Crippen LogP contribution < -0.4 is 9.64 Å². The van der Waals surface area contributed by atoms with Crippen LogP contribution in [0.2, 0.25) is 0 Å². The minimum absolute atomic E-state index is 0.453. The number of anilines is 1. The maximum atomic E-state index is 11.6. The molecule has 6 nitrogen and oxygen atoms in total. The number of benzene rings is 1. The van der Waals surface area contributed by atoms with E-state index in [-0.39, 0.29) is 0 Å². The summed E-state index contributed by atoms with van der Waals surface area (Å²) in [5, 5.41) is 0. The number of rotatable bonds is 5. The maximum Gasteiger partial charge on any atom is 0.264 e. The van der Waals surface area contributed by atoms with Crippen molar-refractivity contribution >= 4 is 21.7 Å². The quantitative estimate of drug-likeness (QED) is 0.736. The van der Waals surface area contributed by atoms with E-state index in [4.69, 9.17) is 4.74 Å². The normalized spacial score (nSPS) is 11.1. The molecule has 0 N–H and O–H groups in total. The van der Waals surface area contributed by atoms with E-state index >= 15 is 0 Å². The van der Waals surface area contributed by atoms with Gasteiger partial charge in [-0.25, -0.2) is 0 Å². The Morgan fingerprint density at radius 3 is 2.28 bits per heavy atom. The summed E-state index contributed by atoms with van der Waals surface area (Å²) in [6.45, 7) is -0.513. The molecule has 0 aliphatic heterocycles. The summed E-state index contributed by atoms with van der Waals surface area (Å²) in [5.41, 5.74) is 0.623. The molecule has 1 rings (SSSR count). The topological polar surface area (TPSA) is 72.9 Å². The number of carbonyl (C=O) groups excluding carboxylic acids is 1. The number of carbonyl (C=O) groups is 1. The molecule has 0 heterocycles. The fourth-order valence-electron chi connectivity index (χ4n) is 1.20. The van der Waals surface area contributed by atoms with Crippen molar-refractivity contribution in [1.82, 2.24) is 0 Å². The lowest BCUT2D eigenvalue weighted by atomic mass is 10.3. The molecular weight excluding hydrogens is 258 g/mol. The maximum absolute atomic E-state index is 11.6. The zero-order valence-electron chi connectivity index (χ0n) is 10.4. The van der Waals surface area contributed by atoms with Gasteiger partial charge in [0.25, 0.3) is 16.0 Å². The minimum Gasteiger partial charge on any atom is -0.497 e. The highest BCUT2D eigenvalue weighted by Crippen LogP contribution is 2.18. The van der Waals surface area contributed by atoms with Crippen LogP contribution in [0.25, 0.3) is 0 Å². The third-order valence-electron chi connectivity index (χ3n) is 2.23. The average Bonchev–Trinajstić information content (AvgIpc) is 2.34. The third-order valence-corrected chi connectivity index (χ3v) is 2.78. The summed E-state index contributed by atoms with van der Waals surface area (Å²) in [6, 6.07) is 6.79. The molecular formula is C11H15NO5S. The van der Waals surface area contributed by atoms with Gasteiger partial charge < -0.3 is 9.64 Å². The van der Waals surface area contributed by atoms with Crippen molar-refractivity contribution < 1.29 is 22.1 Å². The van der Waals surface area contributed by atoms with Crippen LogP contribution in [-0.4, -0.2) is 41.3 Å². The van der Waals surface area contributed by atoms with Crippen molar-refractivity contribution in [1.29, 1.82) is 0 Å². The Kier molecular flexibility index (Phi) is 4.69. The fraction of sp³-hybridized carbons (Fsp3) is 0.364. The Bertz CT molecular complexity index is 509. The molecule has 0 aliphatic carbocycles. The van der Waals surface area contributed by atoms with Gasteiger partial charge >= 0.3 is 0 Å². The second-order valence-electron chi connectivity index (χ2n) is 3.62. The standard InChI is InChI=1S/C11H15NO5S/c1-12(11(13)8-17-18(3,14)15)9-4-6-10(16-2)7-5-9/h4-7H,8H2,1-3H3. The summed E-state index contributed by atoms with van der Waals surface area (Å²) in [5.74, 6) is 0.220. The number of nitrogens with zero attached hydrogens (tertiary/aromatic N) is 1. The van der Waals surface area contributed by atoms with Crippen molar-refractivity contribution in [3.05, 3.63) is 24.3 Å². The van der Waals surface area contributed by atoms with E-state index in [9.17, 15) is 13.2 Å².